The van der Waals surface area contributed by atoms with Crippen molar-refractivity contribution < 1.29 is 9.53 Å². The summed E-state index contributed by atoms with van der Waals surface area (Å²) in [6, 6.07) is 3.27. The van der Waals surface area contributed by atoms with Gasteiger partial charge in [0, 0.05) is 12.7 Å². The number of hydrogen-bond acceptors (Lipinski definition) is 4. The molecule has 0 aliphatic heterocycles. The van der Waals surface area contributed by atoms with E-state index in [4.69, 9.17) is 10.5 Å². The van der Waals surface area contributed by atoms with Gasteiger partial charge in [0.2, 0.25) is 0 Å². The molecule has 0 amide bonds. The zero-order chi connectivity index (χ0) is 11.5. The van der Waals surface area contributed by atoms with Gasteiger partial charge >= 0.3 is 5.97 Å². The molecule has 1 aromatic rings. The first-order chi connectivity index (χ1) is 6.92. The molecule has 0 aliphatic rings. The summed E-state index contributed by atoms with van der Waals surface area (Å²) in [7, 11) is 0. The Labute approximate surface area is 89.5 Å². The summed E-state index contributed by atoms with van der Waals surface area (Å²) in [5.74, 6) is -0.348. The number of nitrogens with zero attached hydrogens (tertiary/aromatic N) is 1. The summed E-state index contributed by atoms with van der Waals surface area (Å²) >= 11 is 0. The van der Waals surface area contributed by atoms with Crippen LogP contribution in [0.1, 0.15) is 36.8 Å². The summed E-state index contributed by atoms with van der Waals surface area (Å²) < 4.78 is 5.22. The molecule has 0 fully saturated rings. The number of nitrogens with two attached hydrogens (primary N) is 1. The molecule has 0 saturated carbocycles. The molecular formula is C11H16N2O2. The van der Waals surface area contributed by atoms with Crippen LogP contribution in [0.3, 0.4) is 0 Å². The Kier molecular flexibility index (Phi) is 3.42. The van der Waals surface area contributed by atoms with E-state index in [2.05, 4.69) is 4.98 Å². The molecule has 0 spiro atoms. The summed E-state index contributed by atoms with van der Waals surface area (Å²) in [6.45, 7) is 5.80. The molecule has 1 heterocycles. The third-order valence-electron chi connectivity index (χ3n) is 1.66. The minimum atomic E-state index is -0.483. The Morgan fingerprint density at radius 1 is 1.53 bits per heavy atom. The van der Waals surface area contributed by atoms with Gasteiger partial charge < -0.3 is 10.5 Å². The quantitative estimate of drug-likeness (QED) is 0.748. The van der Waals surface area contributed by atoms with Crippen LogP contribution in [0.15, 0.2) is 18.3 Å². The van der Waals surface area contributed by atoms with Crippen LogP contribution in [0.4, 0.5) is 0 Å². The molecule has 0 atom stereocenters. The van der Waals surface area contributed by atoms with Crippen molar-refractivity contribution in [2.75, 3.05) is 0 Å². The molecule has 2 N–H and O–H groups in total. The zero-order valence-electron chi connectivity index (χ0n) is 9.28. The summed E-state index contributed by atoms with van der Waals surface area (Å²) in [6.07, 6.45) is 1.56. The molecule has 0 unspecified atom stereocenters. The van der Waals surface area contributed by atoms with E-state index in [0.29, 0.717) is 17.8 Å². The van der Waals surface area contributed by atoms with Gasteiger partial charge in [0.25, 0.3) is 0 Å². The maximum absolute atomic E-state index is 11.6. The summed E-state index contributed by atoms with van der Waals surface area (Å²) in [4.78, 5) is 15.6. The average molecular weight is 208 g/mol. The first kappa shape index (κ1) is 11.7. The predicted molar refractivity (Wildman–Crippen MR) is 57.3 cm³/mol. The fourth-order valence-corrected chi connectivity index (χ4v) is 1.05. The van der Waals surface area contributed by atoms with Crippen molar-refractivity contribution in [1.29, 1.82) is 0 Å². The Bertz CT molecular complexity index is 356. The van der Waals surface area contributed by atoms with E-state index in [1.54, 1.807) is 18.3 Å². The molecule has 4 heteroatoms. The van der Waals surface area contributed by atoms with Gasteiger partial charge in [0.1, 0.15) is 5.60 Å². The van der Waals surface area contributed by atoms with Crippen molar-refractivity contribution in [3.8, 4) is 0 Å². The van der Waals surface area contributed by atoms with E-state index in [1.165, 1.54) is 0 Å². The first-order valence-electron chi connectivity index (χ1n) is 4.81. The molecule has 0 radical (unpaired) electrons. The van der Waals surface area contributed by atoms with E-state index in [1.807, 2.05) is 20.8 Å². The molecule has 1 aromatic heterocycles. The van der Waals surface area contributed by atoms with Crippen LogP contribution in [-0.2, 0) is 11.3 Å². The Morgan fingerprint density at radius 2 is 2.20 bits per heavy atom. The van der Waals surface area contributed by atoms with Crippen LogP contribution in [0.2, 0.25) is 0 Å². The van der Waals surface area contributed by atoms with Crippen LogP contribution < -0.4 is 5.73 Å². The number of rotatable bonds is 2. The van der Waals surface area contributed by atoms with Crippen LogP contribution in [0, 0.1) is 0 Å². The maximum Gasteiger partial charge on any atom is 0.338 e. The highest BCUT2D eigenvalue weighted by Crippen LogP contribution is 2.12. The molecular weight excluding hydrogens is 192 g/mol. The number of carbonyl (C=O) groups excluding carboxylic acids is 1. The largest absolute Gasteiger partial charge is 0.456 e. The standard InChI is InChI=1S/C11H16N2O2/c1-11(2,3)15-10(14)8-4-5-13-9(6-8)7-12/h4-6H,7,12H2,1-3H3. The number of aromatic nitrogens is 1. The normalized spacial score (nSPS) is 11.2. The van der Waals surface area contributed by atoms with Gasteiger partial charge in [-0.25, -0.2) is 4.79 Å². The number of ether oxygens (including phenoxy) is 1. The Balaban J connectivity index is 2.82. The Morgan fingerprint density at radius 3 is 2.73 bits per heavy atom. The van der Waals surface area contributed by atoms with Crippen LogP contribution in [0.25, 0.3) is 0 Å². The lowest BCUT2D eigenvalue weighted by Crippen LogP contribution is -2.24. The van der Waals surface area contributed by atoms with E-state index in [-0.39, 0.29) is 5.97 Å². The number of carbonyl (C=O) groups is 1. The number of hydrogen-bond donors (Lipinski definition) is 1. The van der Waals surface area contributed by atoms with Gasteiger partial charge in [-0.05, 0) is 32.9 Å². The van der Waals surface area contributed by atoms with Crippen molar-refractivity contribution in [3.05, 3.63) is 29.6 Å². The average Bonchev–Trinajstić information content (AvgIpc) is 2.15. The lowest BCUT2D eigenvalue weighted by atomic mass is 10.2. The molecule has 1 rings (SSSR count). The van der Waals surface area contributed by atoms with Crippen molar-refractivity contribution in [3.63, 3.8) is 0 Å². The van der Waals surface area contributed by atoms with E-state index < -0.39 is 5.60 Å². The minimum absolute atomic E-state index is 0.316. The molecule has 0 aromatic carbocycles. The summed E-state index contributed by atoms with van der Waals surface area (Å²) in [5, 5.41) is 0. The van der Waals surface area contributed by atoms with Crippen LogP contribution >= 0.6 is 0 Å². The zero-order valence-corrected chi connectivity index (χ0v) is 9.28. The second kappa shape index (κ2) is 4.40. The molecule has 0 aliphatic carbocycles. The third kappa shape index (κ3) is 3.67. The molecule has 4 nitrogen and oxygen atoms in total. The monoisotopic (exact) mass is 208 g/mol. The van der Waals surface area contributed by atoms with E-state index in [9.17, 15) is 4.79 Å². The second-order valence-electron chi connectivity index (χ2n) is 4.24. The molecule has 82 valence electrons. The maximum atomic E-state index is 11.6. The number of pyridine rings is 1. The van der Waals surface area contributed by atoms with Crippen molar-refractivity contribution in [2.24, 2.45) is 5.73 Å². The lowest BCUT2D eigenvalue weighted by Gasteiger charge is -2.19. The van der Waals surface area contributed by atoms with Crippen molar-refractivity contribution in [2.45, 2.75) is 32.9 Å². The third-order valence-corrected chi connectivity index (χ3v) is 1.66. The topological polar surface area (TPSA) is 65.2 Å². The van der Waals surface area contributed by atoms with Gasteiger partial charge in [-0.2, -0.15) is 0 Å². The van der Waals surface area contributed by atoms with Crippen molar-refractivity contribution >= 4 is 5.97 Å². The predicted octanol–water partition coefficient (Wildman–Crippen LogP) is 1.50. The molecule has 0 bridgehead atoms. The van der Waals surface area contributed by atoms with Gasteiger partial charge in [0.15, 0.2) is 0 Å². The fourth-order valence-electron chi connectivity index (χ4n) is 1.05. The number of esters is 1. The minimum Gasteiger partial charge on any atom is -0.456 e. The molecule has 0 saturated heterocycles. The van der Waals surface area contributed by atoms with Gasteiger partial charge in [-0.1, -0.05) is 0 Å². The SMILES string of the molecule is CC(C)(C)OC(=O)c1ccnc(CN)c1. The first-order valence-corrected chi connectivity index (χ1v) is 4.81. The second-order valence-corrected chi connectivity index (χ2v) is 4.24. The van der Waals surface area contributed by atoms with Crippen molar-refractivity contribution in [1.82, 2.24) is 4.98 Å². The smallest absolute Gasteiger partial charge is 0.338 e. The van der Waals surface area contributed by atoms with Gasteiger partial charge in [0.05, 0.1) is 11.3 Å². The Hall–Kier alpha value is -1.42. The highest BCUT2D eigenvalue weighted by Gasteiger charge is 2.17. The van der Waals surface area contributed by atoms with E-state index in [0.717, 1.165) is 0 Å². The van der Waals surface area contributed by atoms with Gasteiger partial charge in [-0.15, -0.1) is 0 Å². The van der Waals surface area contributed by atoms with Gasteiger partial charge in [-0.3, -0.25) is 4.98 Å². The van der Waals surface area contributed by atoms with Crippen LogP contribution in [-0.4, -0.2) is 16.6 Å². The summed E-state index contributed by atoms with van der Waals surface area (Å²) in [5.41, 5.74) is 6.11. The highest BCUT2D eigenvalue weighted by atomic mass is 16.6. The lowest BCUT2D eigenvalue weighted by molar-refractivity contribution is 0.00693. The van der Waals surface area contributed by atoms with Crippen LogP contribution in [0.5, 0.6) is 0 Å². The fraction of sp³-hybridized carbons (Fsp3) is 0.455. The van der Waals surface area contributed by atoms with E-state index >= 15 is 0 Å². The molecule has 15 heavy (non-hydrogen) atoms. The highest BCUT2D eigenvalue weighted by molar-refractivity contribution is 5.89.